The number of ether oxygens (including phenoxy) is 1. The fourth-order valence-electron chi connectivity index (χ4n) is 2.19. The number of aromatic nitrogens is 2. The number of nitrogens with two attached hydrogens (primary N) is 1. The lowest BCUT2D eigenvalue weighted by Crippen LogP contribution is -2.28. The van der Waals surface area contributed by atoms with Crippen LogP contribution < -0.4 is 16.4 Å². The zero-order valence-corrected chi connectivity index (χ0v) is 16.7. The first-order valence-electron chi connectivity index (χ1n) is 7.29. The van der Waals surface area contributed by atoms with Crippen molar-refractivity contribution in [1.82, 2.24) is 9.55 Å². The van der Waals surface area contributed by atoms with E-state index in [-0.39, 0.29) is 12.3 Å². The van der Waals surface area contributed by atoms with Crippen molar-refractivity contribution in [3.05, 3.63) is 22.7 Å². The van der Waals surface area contributed by atoms with Crippen LogP contribution in [0.2, 0.25) is 0 Å². The number of hydrogen-bond donors (Lipinski definition) is 6. The van der Waals surface area contributed by atoms with Crippen molar-refractivity contribution in [1.29, 1.82) is 0 Å². The molecule has 1 aliphatic rings. The smallest absolute Gasteiger partial charge is 0.391 e. The first-order valence-corrected chi connectivity index (χ1v) is 11.8. The number of phosphoric ester groups is 1. The molecule has 1 aromatic rings. The Balaban J connectivity index is 1.99. The van der Waals surface area contributed by atoms with Gasteiger partial charge in [-0.25, -0.2) is 18.5 Å². The lowest BCUT2D eigenvalue weighted by Gasteiger charge is -2.19. The fraction of sp³-hybridized carbons (Fsp3) is 0.556. The second kappa shape index (κ2) is 8.99. The predicted molar refractivity (Wildman–Crippen MR) is 87.7 cm³/mol. The molecule has 0 saturated carbocycles. The topological polar surface area (TPSA) is 259 Å². The van der Waals surface area contributed by atoms with Crippen molar-refractivity contribution in [2.75, 3.05) is 6.61 Å². The van der Waals surface area contributed by atoms with Crippen LogP contribution in [0.5, 0.6) is 5.88 Å². The Hall–Kier alpha value is -1.03. The average molecular weight is 483 g/mol. The van der Waals surface area contributed by atoms with E-state index in [1.165, 1.54) is 12.3 Å². The summed E-state index contributed by atoms with van der Waals surface area (Å²) in [5, 5.41) is 9.97. The SMILES string of the molecule is NOc1ccn([C@H]2C[C@@H](O)[C@@H](COP(=O)(O)OP(=O)(O)OP(=O)(O)O)O2)c(=O)n1. The maximum atomic E-state index is 11.9. The van der Waals surface area contributed by atoms with Gasteiger partial charge in [-0.2, -0.15) is 19.5 Å². The van der Waals surface area contributed by atoms with Gasteiger partial charge in [0.15, 0.2) is 0 Å². The van der Waals surface area contributed by atoms with E-state index in [0.717, 1.165) is 4.57 Å². The molecule has 17 nitrogen and oxygen atoms in total. The number of aliphatic hydroxyl groups excluding tert-OH is 1. The molecule has 2 unspecified atom stereocenters. The summed E-state index contributed by atoms with van der Waals surface area (Å²) in [5.74, 6) is 4.70. The third-order valence-electron chi connectivity index (χ3n) is 3.26. The van der Waals surface area contributed by atoms with Gasteiger partial charge in [0, 0.05) is 18.7 Å². The lowest BCUT2D eigenvalue weighted by atomic mass is 10.2. The summed E-state index contributed by atoms with van der Waals surface area (Å²) in [5.41, 5.74) is -0.835. The quantitative estimate of drug-likeness (QED) is 0.172. The zero-order chi connectivity index (χ0) is 22.0. The number of phosphoric acid groups is 3. The summed E-state index contributed by atoms with van der Waals surface area (Å²) < 4.78 is 51.2. The number of hydrogen-bond acceptors (Lipinski definition) is 12. The Kier molecular flexibility index (Phi) is 7.52. The molecule has 1 saturated heterocycles. The molecule has 2 rings (SSSR count). The van der Waals surface area contributed by atoms with E-state index in [4.69, 9.17) is 25.3 Å². The molecule has 1 aromatic heterocycles. The minimum Gasteiger partial charge on any atom is -0.391 e. The van der Waals surface area contributed by atoms with Gasteiger partial charge in [-0.1, -0.05) is 0 Å². The largest absolute Gasteiger partial charge is 0.490 e. The standard InChI is InChI=1S/C9H16N3O14P3/c10-24-7-1-2-12(9(14)11-7)8-3-5(13)6(23-8)4-22-28(18,19)26-29(20,21)25-27(15,16)17/h1-2,5-6,8,13H,3-4,10H2,(H,18,19)(H,20,21)(H2,15,16,17)/t5-,6-,8-/m1/s1. The highest BCUT2D eigenvalue weighted by molar-refractivity contribution is 7.66. The van der Waals surface area contributed by atoms with Crippen LogP contribution in [-0.4, -0.2) is 53.0 Å². The van der Waals surface area contributed by atoms with Crippen LogP contribution in [0.3, 0.4) is 0 Å². The molecule has 2 heterocycles. The summed E-state index contributed by atoms with van der Waals surface area (Å²) in [6, 6.07) is 1.23. The molecular weight excluding hydrogens is 467 g/mol. The highest BCUT2D eigenvalue weighted by atomic mass is 31.3. The van der Waals surface area contributed by atoms with Crippen LogP contribution >= 0.6 is 23.5 Å². The van der Waals surface area contributed by atoms with E-state index in [1.807, 2.05) is 0 Å². The maximum Gasteiger partial charge on any atom is 0.490 e. The van der Waals surface area contributed by atoms with E-state index in [9.17, 15) is 28.5 Å². The molecule has 0 radical (unpaired) electrons. The van der Waals surface area contributed by atoms with E-state index < -0.39 is 54.2 Å². The number of aliphatic hydroxyl groups is 1. The van der Waals surface area contributed by atoms with Crippen LogP contribution in [0.1, 0.15) is 12.6 Å². The van der Waals surface area contributed by atoms with Crippen LogP contribution in [0, 0.1) is 0 Å². The Morgan fingerprint density at radius 1 is 1.21 bits per heavy atom. The van der Waals surface area contributed by atoms with Crippen LogP contribution in [0.15, 0.2) is 17.1 Å². The summed E-state index contributed by atoms with van der Waals surface area (Å²) in [6.45, 7) is -0.868. The minimum atomic E-state index is -5.67. The summed E-state index contributed by atoms with van der Waals surface area (Å²) in [7, 11) is -16.6. The van der Waals surface area contributed by atoms with E-state index >= 15 is 0 Å². The van der Waals surface area contributed by atoms with Gasteiger partial charge >= 0.3 is 29.2 Å². The maximum absolute atomic E-state index is 11.9. The van der Waals surface area contributed by atoms with Gasteiger partial charge in [-0.3, -0.25) is 9.09 Å². The second-order valence-corrected chi connectivity index (χ2v) is 9.81. The second-order valence-electron chi connectivity index (χ2n) is 5.39. The van der Waals surface area contributed by atoms with Gasteiger partial charge in [0.05, 0.1) is 12.7 Å². The molecule has 5 atom stereocenters. The Morgan fingerprint density at radius 3 is 2.41 bits per heavy atom. The van der Waals surface area contributed by atoms with Crippen LogP contribution in [-0.2, 0) is 31.6 Å². The summed E-state index contributed by atoms with van der Waals surface area (Å²) in [6.07, 6.45) is -2.59. The highest BCUT2D eigenvalue weighted by Crippen LogP contribution is 2.66. The lowest BCUT2D eigenvalue weighted by molar-refractivity contribution is -0.0450. The van der Waals surface area contributed by atoms with E-state index in [2.05, 4.69) is 23.0 Å². The van der Waals surface area contributed by atoms with Crippen LogP contribution in [0.4, 0.5) is 0 Å². The molecule has 29 heavy (non-hydrogen) atoms. The molecular formula is C9H16N3O14P3. The van der Waals surface area contributed by atoms with Crippen molar-refractivity contribution < 1.29 is 61.1 Å². The van der Waals surface area contributed by atoms with Gasteiger partial charge in [0.25, 0.3) is 0 Å². The molecule has 166 valence electrons. The Bertz CT molecular complexity index is 930. The Morgan fingerprint density at radius 2 is 1.86 bits per heavy atom. The highest BCUT2D eigenvalue weighted by Gasteiger charge is 2.42. The predicted octanol–water partition coefficient (Wildman–Crippen LogP) is -1.51. The summed E-state index contributed by atoms with van der Waals surface area (Å²) >= 11 is 0. The van der Waals surface area contributed by atoms with Gasteiger partial charge in [-0.15, -0.1) is 0 Å². The van der Waals surface area contributed by atoms with Crippen molar-refractivity contribution in [3.8, 4) is 5.88 Å². The monoisotopic (exact) mass is 483 g/mol. The third kappa shape index (κ3) is 7.31. The molecule has 0 amide bonds. The van der Waals surface area contributed by atoms with Gasteiger partial charge in [0.1, 0.15) is 12.3 Å². The normalized spacial score (nSPS) is 26.6. The molecule has 0 aliphatic carbocycles. The summed E-state index contributed by atoms with van der Waals surface area (Å²) in [4.78, 5) is 55.0. The molecule has 7 N–H and O–H groups in total. The van der Waals surface area contributed by atoms with Crippen LogP contribution in [0.25, 0.3) is 0 Å². The van der Waals surface area contributed by atoms with E-state index in [0.29, 0.717) is 0 Å². The molecule has 0 bridgehead atoms. The average Bonchev–Trinajstić information content (AvgIpc) is 2.90. The van der Waals surface area contributed by atoms with Crippen molar-refractivity contribution >= 4 is 23.5 Å². The molecule has 20 heteroatoms. The first kappa shape index (κ1) is 24.2. The van der Waals surface area contributed by atoms with Gasteiger partial charge in [-0.05, 0) is 0 Å². The molecule has 1 aliphatic heterocycles. The van der Waals surface area contributed by atoms with Gasteiger partial charge in [0.2, 0.25) is 5.88 Å². The van der Waals surface area contributed by atoms with Gasteiger partial charge < -0.3 is 34.3 Å². The third-order valence-corrected chi connectivity index (χ3v) is 7.06. The van der Waals surface area contributed by atoms with Crippen molar-refractivity contribution in [3.63, 3.8) is 0 Å². The fourth-order valence-corrected chi connectivity index (χ4v) is 5.22. The molecule has 0 spiro atoms. The zero-order valence-electron chi connectivity index (χ0n) is 14.0. The molecule has 1 fully saturated rings. The van der Waals surface area contributed by atoms with E-state index in [1.54, 1.807) is 0 Å². The van der Waals surface area contributed by atoms with Crippen molar-refractivity contribution in [2.45, 2.75) is 24.9 Å². The first-order chi connectivity index (χ1) is 13.2. The number of nitrogens with zero attached hydrogens (tertiary/aromatic N) is 2. The molecule has 0 aromatic carbocycles. The van der Waals surface area contributed by atoms with Crippen molar-refractivity contribution in [2.24, 2.45) is 5.90 Å². The number of rotatable bonds is 9. The Labute approximate surface area is 161 Å². The minimum absolute atomic E-state index is 0.158.